The molecular weight excluding hydrogens is 346 g/mol. The minimum atomic E-state index is -0.213. The first-order valence-corrected chi connectivity index (χ1v) is 8.74. The minimum absolute atomic E-state index is 0.124. The van der Waals surface area contributed by atoms with Crippen LogP contribution >= 0.6 is 0 Å². The van der Waals surface area contributed by atoms with Gasteiger partial charge in [-0.25, -0.2) is 0 Å². The van der Waals surface area contributed by atoms with Crippen molar-refractivity contribution in [2.75, 3.05) is 28.4 Å². The van der Waals surface area contributed by atoms with Crippen LogP contribution in [0.15, 0.2) is 30.3 Å². The molecule has 6 heteroatoms. The predicted octanol–water partition coefficient (Wildman–Crippen LogP) is 3.91. The van der Waals surface area contributed by atoms with Gasteiger partial charge in [0.15, 0.2) is 11.5 Å². The maximum Gasteiger partial charge on any atom is 0.252 e. The number of carbonyl (C=O) groups excluding carboxylic acids is 1. The molecule has 0 saturated heterocycles. The molecule has 2 rings (SSSR count). The fourth-order valence-electron chi connectivity index (χ4n) is 2.99. The van der Waals surface area contributed by atoms with Gasteiger partial charge in [-0.1, -0.05) is 19.1 Å². The van der Waals surface area contributed by atoms with Gasteiger partial charge in [-0.05, 0) is 42.7 Å². The molecule has 0 saturated carbocycles. The average molecular weight is 373 g/mol. The Balaban J connectivity index is 2.30. The SMILES string of the molecule is CCC(NC(=O)c1cc(OC)c(OC)c(OC)c1)c1ccc(OC)c(C)c1. The Morgan fingerprint density at radius 3 is 1.96 bits per heavy atom. The summed E-state index contributed by atoms with van der Waals surface area (Å²) in [6.07, 6.45) is 0.752. The van der Waals surface area contributed by atoms with Gasteiger partial charge in [-0.2, -0.15) is 0 Å². The number of aryl methyl sites for hydroxylation is 1. The van der Waals surface area contributed by atoms with Crippen molar-refractivity contribution in [3.63, 3.8) is 0 Å². The Morgan fingerprint density at radius 2 is 1.52 bits per heavy atom. The predicted molar refractivity (Wildman–Crippen MR) is 104 cm³/mol. The number of rotatable bonds is 8. The second kappa shape index (κ2) is 9.16. The molecule has 2 aromatic carbocycles. The van der Waals surface area contributed by atoms with Crippen LogP contribution in [0.4, 0.5) is 0 Å². The molecule has 1 unspecified atom stereocenters. The summed E-state index contributed by atoms with van der Waals surface area (Å²) in [5, 5.41) is 3.07. The maximum absolute atomic E-state index is 12.8. The van der Waals surface area contributed by atoms with E-state index in [-0.39, 0.29) is 11.9 Å². The highest BCUT2D eigenvalue weighted by molar-refractivity contribution is 5.96. The second-order valence-electron chi connectivity index (χ2n) is 6.08. The third-order valence-corrected chi connectivity index (χ3v) is 4.46. The van der Waals surface area contributed by atoms with Crippen LogP contribution in [0.3, 0.4) is 0 Å². The highest BCUT2D eigenvalue weighted by Gasteiger charge is 2.20. The number of hydrogen-bond acceptors (Lipinski definition) is 5. The largest absolute Gasteiger partial charge is 0.496 e. The smallest absolute Gasteiger partial charge is 0.252 e. The molecule has 2 aromatic rings. The van der Waals surface area contributed by atoms with Crippen molar-refractivity contribution in [2.24, 2.45) is 0 Å². The van der Waals surface area contributed by atoms with Crippen LogP contribution in [-0.4, -0.2) is 34.3 Å². The second-order valence-corrected chi connectivity index (χ2v) is 6.08. The fourth-order valence-corrected chi connectivity index (χ4v) is 2.99. The Kier molecular flexibility index (Phi) is 6.93. The molecule has 0 radical (unpaired) electrons. The van der Waals surface area contributed by atoms with Crippen LogP contribution in [0.1, 0.15) is 40.9 Å². The van der Waals surface area contributed by atoms with Gasteiger partial charge in [-0.15, -0.1) is 0 Å². The van der Waals surface area contributed by atoms with E-state index in [4.69, 9.17) is 18.9 Å². The topological polar surface area (TPSA) is 66.0 Å². The monoisotopic (exact) mass is 373 g/mol. The lowest BCUT2D eigenvalue weighted by molar-refractivity contribution is 0.0934. The number of benzene rings is 2. The fraction of sp³-hybridized carbons (Fsp3) is 0.381. The summed E-state index contributed by atoms with van der Waals surface area (Å²) in [6.45, 7) is 4.01. The summed E-state index contributed by atoms with van der Waals surface area (Å²) in [6, 6.07) is 9.07. The van der Waals surface area contributed by atoms with Crippen molar-refractivity contribution in [1.29, 1.82) is 0 Å². The van der Waals surface area contributed by atoms with Gasteiger partial charge in [0.1, 0.15) is 5.75 Å². The molecule has 1 amide bonds. The van der Waals surface area contributed by atoms with E-state index < -0.39 is 0 Å². The van der Waals surface area contributed by atoms with E-state index >= 15 is 0 Å². The minimum Gasteiger partial charge on any atom is -0.496 e. The number of nitrogens with one attached hydrogen (secondary N) is 1. The molecule has 1 atom stereocenters. The van der Waals surface area contributed by atoms with Crippen LogP contribution < -0.4 is 24.3 Å². The summed E-state index contributed by atoms with van der Waals surface area (Å²) < 4.78 is 21.3. The molecule has 0 aliphatic rings. The standard InChI is InChI=1S/C21H27NO5/c1-7-16(14-8-9-17(24-3)13(2)10-14)22-21(23)15-11-18(25-4)20(27-6)19(12-15)26-5/h8-12,16H,7H2,1-6H3,(H,22,23). The lowest BCUT2D eigenvalue weighted by atomic mass is 10.0. The van der Waals surface area contributed by atoms with Crippen LogP contribution in [0.25, 0.3) is 0 Å². The van der Waals surface area contributed by atoms with Gasteiger partial charge in [0.25, 0.3) is 5.91 Å². The lowest BCUT2D eigenvalue weighted by Crippen LogP contribution is -2.28. The lowest BCUT2D eigenvalue weighted by Gasteiger charge is -2.20. The van der Waals surface area contributed by atoms with Crippen molar-refractivity contribution >= 4 is 5.91 Å². The van der Waals surface area contributed by atoms with Crippen LogP contribution in [0.2, 0.25) is 0 Å². The first-order chi connectivity index (χ1) is 13.0. The normalized spacial score (nSPS) is 11.5. The van der Waals surface area contributed by atoms with Gasteiger partial charge in [0.2, 0.25) is 5.75 Å². The highest BCUT2D eigenvalue weighted by atomic mass is 16.5. The van der Waals surface area contributed by atoms with Gasteiger partial charge < -0.3 is 24.3 Å². The number of methoxy groups -OCH3 is 4. The van der Waals surface area contributed by atoms with Gasteiger partial charge in [0, 0.05) is 5.56 Å². The molecule has 0 aliphatic heterocycles. The van der Waals surface area contributed by atoms with E-state index in [0.29, 0.717) is 22.8 Å². The number of ether oxygens (including phenoxy) is 4. The van der Waals surface area contributed by atoms with Crippen LogP contribution in [-0.2, 0) is 0 Å². The van der Waals surface area contributed by atoms with E-state index in [1.54, 1.807) is 19.2 Å². The third-order valence-electron chi connectivity index (χ3n) is 4.46. The number of carbonyl (C=O) groups is 1. The van der Waals surface area contributed by atoms with Gasteiger partial charge in [-0.3, -0.25) is 4.79 Å². The number of amides is 1. The van der Waals surface area contributed by atoms with Crippen molar-refractivity contribution in [3.05, 3.63) is 47.0 Å². The summed E-state index contributed by atoms with van der Waals surface area (Å²) >= 11 is 0. The van der Waals surface area contributed by atoms with Crippen molar-refractivity contribution in [2.45, 2.75) is 26.3 Å². The van der Waals surface area contributed by atoms with Gasteiger partial charge in [0.05, 0.1) is 34.5 Å². The molecular formula is C21H27NO5. The molecule has 27 heavy (non-hydrogen) atoms. The Bertz CT molecular complexity index is 778. The zero-order valence-corrected chi connectivity index (χ0v) is 16.7. The molecule has 0 fully saturated rings. The third kappa shape index (κ3) is 4.45. The Morgan fingerprint density at radius 1 is 0.926 bits per heavy atom. The molecule has 6 nitrogen and oxygen atoms in total. The molecule has 0 spiro atoms. The zero-order chi connectivity index (χ0) is 20.0. The van der Waals surface area contributed by atoms with Crippen LogP contribution in [0.5, 0.6) is 23.0 Å². The molecule has 0 heterocycles. The molecule has 0 aliphatic carbocycles. The molecule has 0 bridgehead atoms. The number of hydrogen-bond donors (Lipinski definition) is 1. The summed E-state index contributed by atoms with van der Waals surface area (Å²) in [5.41, 5.74) is 2.49. The maximum atomic E-state index is 12.8. The summed E-state index contributed by atoms with van der Waals surface area (Å²) in [4.78, 5) is 12.8. The first-order valence-electron chi connectivity index (χ1n) is 8.74. The van der Waals surface area contributed by atoms with E-state index in [1.807, 2.05) is 32.0 Å². The van der Waals surface area contributed by atoms with E-state index in [9.17, 15) is 4.79 Å². The van der Waals surface area contributed by atoms with Crippen molar-refractivity contribution < 1.29 is 23.7 Å². The summed E-state index contributed by atoms with van der Waals surface area (Å²) in [5.74, 6) is 1.94. The van der Waals surface area contributed by atoms with Crippen molar-refractivity contribution in [1.82, 2.24) is 5.32 Å². The quantitative estimate of drug-likeness (QED) is 0.760. The Labute approximate surface area is 160 Å². The van der Waals surface area contributed by atoms with Gasteiger partial charge >= 0.3 is 0 Å². The Hall–Kier alpha value is -2.89. The average Bonchev–Trinajstić information content (AvgIpc) is 2.70. The van der Waals surface area contributed by atoms with Crippen molar-refractivity contribution in [3.8, 4) is 23.0 Å². The molecule has 146 valence electrons. The molecule has 1 N–H and O–H groups in total. The van der Waals surface area contributed by atoms with E-state index in [1.165, 1.54) is 21.3 Å². The first kappa shape index (κ1) is 20.4. The highest BCUT2D eigenvalue weighted by Crippen LogP contribution is 2.38. The molecule has 0 aromatic heterocycles. The van der Waals surface area contributed by atoms with Crippen LogP contribution in [0, 0.1) is 6.92 Å². The van der Waals surface area contributed by atoms with E-state index in [2.05, 4.69) is 5.32 Å². The zero-order valence-electron chi connectivity index (χ0n) is 16.7. The van der Waals surface area contributed by atoms with E-state index in [0.717, 1.165) is 23.3 Å². The summed E-state index contributed by atoms with van der Waals surface area (Å²) in [7, 11) is 6.21.